The van der Waals surface area contributed by atoms with Gasteiger partial charge in [-0.15, -0.1) is 0 Å². The van der Waals surface area contributed by atoms with E-state index in [1.165, 1.54) is 6.92 Å². The summed E-state index contributed by atoms with van der Waals surface area (Å²) >= 11 is 0. The predicted molar refractivity (Wildman–Crippen MR) is 61.1 cm³/mol. The summed E-state index contributed by atoms with van der Waals surface area (Å²) in [6, 6.07) is 7.54. The zero-order valence-corrected chi connectivity index (χ0v) is 9.98. The number of aryl methyl sites for hydroxylation is 1. The highest BCUT2D eigenvalue weighted by Gasteiger charge is 2.27. The second-order valence-corrected chi connectivity index (χ2v) is 5.60. The van der Waals surface area contributed by atoms with E-state index in [0.717, 1.165) is 11.3 Å². The van der Waals surface area contributed by atoms with Gasteiger partial charge in [0.15, 0.2) is 0 Å². The average molecular weight is 229 g/mol. The highest BCUT2D eigenvalue weighted by molar-refractivity contribution is 7.52. The molecule has 0 aromatic heterocycles. The van der Waals surface area contributed by atoms with Crippen LogP contribution in [0.5, 0.6) is 0 Å². The second kappa shape index (κ2) is 4.35. The van der Waals surface area contributed by atoms with Crippen molar-refractivity contribution in [2.24, 2.45) is 0 Å². The number of hydrogen-bond acceptors (Lipinski definition) is 2. The summed E-state index contributed by atoms with van der Waals surface area (Å²) in [6.07, 6.45) is 0. The van der Waals surface area contributed by atoms with Gasteiger partial charge >= 0.3 is 7.60 Å². The molecule has 4 nitrogen and oxygen atoms in total. The summed E-state index contributed by atoms with van der Waals surface area (Å²) < 4.78 is 11.1. The lowest BCUT2D eigenvalue weighted by Gasteiger charge is -2.27. The molecule has 0 aliphatic heterocycles. The third kappa shape index (κ3) is 3.06. The maximum absolute atomic E-state index is 11.1. The number of nitrogens with zero attached hydrogens (tertiary/aromatic N) is 1. The molecule has 0 amide bonds. The summed E-state index contributed by atoms with van der Waals surface area (Å²) in [5.41, 5.74) is 1.88. The molecule has 0 aliphatic rings. The van der Waals surface area contributed by atoms with Crippen LogP contribution in [0.25, 0.3) is 0 Å². The molecule has 5 heteroatoms. The summed E-state index contributed by atoms with van der Waals surface area (Å²) in [6.45, 7) is 3.46. The van der Waals surface area contributed by atoms with Gasteiger partial charge in [-0.25, -0.2) is 0 Å². The van der Waals surface area contributed by atoms with Crippen LogP contribution >= 0.6 is 7.60 Å². The summed E-state index contributed by atoms with van der Waals surface area (Å²) in [7, 11) is -2.39. The van der Waals surface area contributed by atoms with E-state index in [-0.39, 0.29) is 0 Å². The van der Waals surface area contributed by atoms with Crippen LogP contribution in [0.4, 0.5) is 5.69 Å². The van der Waals surface area contributed by atoms with E-state index in [1.54, 1.807) is 11.9 Å². The molecular formula is C10H16NO3P. The van der Waals surface area contributed by atoms with Crippen molar-refractivity contribution in [2.75, 3.05) is 11.9 Å². The average Bonchev–Trinajstić information content (AvgIpc) is 2.14. The molecule has 1 aromatic carbocycles. The van der Waals surface area contributed by atoms with Gasteiger partial charge in [-0.2, -0.15) is 0 Å². The molecule has 84 valence electrons. The smallest absolute Gasteiger partial charge is 0.347 e. The third-order valence-electron chi connectivity index (χ3n) is 2.46. The Balaban J connectivity index is 2.95. The topological polar surface area (TPSA) is 60.8 Å². The van der Waals surface area contributed by atoms with Gasteiger partial charge in [0.1, 0.15) is 5.78 Å². The minimum Gasteiger partial charge on any atom is -0.361 e. The minimum absolute atomic E-state index is 0.806. The van der Waals surface area contributed by atoms with Crippen molar-refractivity contribution in [1.29, 1.82) is 0 Å². The SMILES string of the molecule is Cc1cccc(N(C)C(C)P(=O)(O)O)c1. The van der Waals surface area contributed by atoms with Crippen molar-refractivity contribution < 1.29 is 14.4 Å². The van der Waals surface area contributed by atoms with E-state index in [2.05, 4.69) is 0 Å². The molecule has 0 radical (unpaired) electrons. The fraction of sp³-hybridized carbons (Fsp3) is 0.400. The third-order valence-corrected chi connectivity index (χ3v) is 3.78. The largest absolute Gasteiger partial charge is 0.361 e. The highest BCUT2D eigenvalue weighted by atomic mass is 31.2. The summed E-state index contributed by atoms with van der Waals surface area (Å²) in [5.74, 6) is -0.806. The van der Waals surface area contributed by atoms with Gasteiger partial charge in [0.25, 0.3) is 0 Å². The predicted octanol–water partition coefficient (Wildman–Crippen LogP) is 1.95. The molecule has 1 unspecified atom stereocenters. The molecule has 0 bridgehead atoms. The zero-order valence-electron chi connectivity index (χ0n) is 9.08. The Kier molecular flexibility index (Phi) is 3.55. The molecular weight excluding hydrogens is 213 g/mol. The Morgan fingerprint density at radius 1 is 1.40 bits per heavy atom. The van der Waals surface area contributed by atoms with E-state index in [4.69, 9.17) is 9.79 Å². The number of benzene rings is 1. The Bertz CT molecular complexity index is 388. The van der Waals surface area contributed by atoms with Gasteiger partial charge in [0.2, 0.25) is 0 Å². The quantitative estimate of drug-likeness (QED) is 0.778. The fourth-order valence-corrected chi connectivity index (χ4v) is 1.87. The molecule has 2 N–H and O–H groups in total. The Hall–Kier alpha value is -0.830. The highest BCUT2D eigenvalue weighted by Crippen LogP contribution is 2.43. The molecule has 0 spiro atoms. The van der Waals surface area contributed by atoms with Crippen molar-refractivity contribution in [3.63, 3.8) is 0 Å². The maximum Gasteiger partial charge on any atom is 0.347 e. The van der Waals surface area contributed by atoms with Crippen molar-refractivity contribution in [3.05, 3.63) is 29.8 Å². The van der Waals surface area contributed by atoms with Gasteiger partial charge in [0.05, 0.1) is 0 Å². The first-order valence-corrected chi connectivity index (χ1v) is 6.35. The monoisotopic (exact) mass is 229 g/mol. The maximum atomic E-state index is 11.1. The van der Waals surface area contributed by atoms with Crippen LogP contribution in [0.3, 0.4) is 0 Å². The zero-order chi connectivity index (χ0) is 11.6. The van der Waals surface area contributed by atoms with Crippen LogP contribution in [0.2, 0.25) is 0 Å². The molecule has 0 saturated heterocycles. The van der Waals surface area contributed by atoms with E-state index < -0.39 is 13.4 Å². The Morgan fingerprint density at radius 2 is 2.00 bits per heavy atom. The van der Waals surface area contributed by atoms with Crippen molar-refractivity contribution >= 4 is 13.3 Å². The van der Waals surface area contributed by atoms with Crippen LogP contribution in [-0.4, -0.2) is 22.6 Å². The van der Waals surface area contributed by atoms with E-state index >= 15 is 0 Å². The lowest BCUT2D eigenvalue weighted by Crippen LogP contribution is -2.28. The first-order valence-electron chi connectivity index (χ1n) is 4.67. The minimum atomic E-state index is -4.07. The van der Waals surface area contributed by atoms with Crippen LogP contribution in [0.15, 0.2) is 24.3 Å². The van der Waals surface area contributed by atoms with Crippen LogP contribution in [0, 0.1) is 6.92 Å². The van der Waals surface area contributed by atoms with Gasteiger partial charge in [-0.1, -0.05) is 12.1 Å². The lowest BCUT2D eigenvalue weighted by atomic mass is 10.2. The first kappa shape index (κ1) is 12.2. The van der Waals surface area contributed by atoms with Crippen molar-refractivity contribution in [2.45, 2.75) is 19.6 Å². The van der Waals surface area contributed by atoms with Crippen LogP contribution < -0.4 is 4.90 Å². The number of anilines is 1. The molecule has 1 atom stereocenters. The summed E-state index contributed by atoms with van der Waals surface area (Å²) in [5, 5.41) is 0. The van der Waals surface area contributed by atoms with Gasteiger partial charge in [0, 0.05) is 12.7 Å². The van der Waals surface area contributed by atoms with Gasteiger partial charge in [-0.05, 0) is 31.5 Å². The lowest BCUT2D eigenvalue weighted by molar-refractivity contribution is 0.360. The normalized spacial score (nSPS) is 13.7. The fourth-order valence-electron chi connectivity index (χ4n) is 1.29. The number of rotatable bonds is 3. The Labute approximate surface area is 89.7 Å². The molecule has 0 saturated carbocycles. The van der Waals surface area contributed by atoms with Gasteiger partial charge < -0.3 is 14.7 Å². The van der Waals surface area contributed by atoms with Crippen molar-refractivity contribution in [1.82, 2.24) is 0 Å². The van der Waals surface area contributed by atoms with E-state index in [1.807, 2.05) is 31.2 Å². The number of hydrogen-bond donors (Lipinski definition) is 2. The van der Waals surface area contributed by atoms with E-state index in [0.29, 0.717) is 0 Å². The standard InChI is InChI=1S/C10H16NO3P/c1-8-5-4-6-10(7-8)11(3)9(2)15(12,13)14/h4-7,9H,1-3H3,(H2,12,13,14). The second-order valence-electron chi connectivity index (χ2n) is 3.67. The first-order chi connectivity index (χ1) is 6.82. The van der Waals surface area contributed by atoms with Crippen LogP contribution in [0.1, 0.15) is 12.5 Å². The Morgan fingerprint density at radius 3 is 2.47 bits per heavy atom. The van der Waals surface area contributed by atoms with Gasteiger partial charge in [-0.3, -0.25) is 4.57 Å². The molecule has 1 rings (SSSR count). The molecule has 0 aliphatic carbocycles. The molecule has 1 aromatic rings. The summed E-state index contributed by atoms with van der Waals surface area (Å²) in [4.78, 5) is 19.7. The molecule has 0 heterocycles. The van der Waals surface area contributed by atoms with Crippen molar-refractivity contribution in [3.8, 4) is 0 Å². The molecule has 15 heavy (non-hydrogen) atoms. The van der Waals surface area contributed by atoms with Crippen LogP contribution in [-0.2, 0) is 4.57 Å². The molecule has 0 fully saturated rings. The van der Waals surface area contributed by atoms with E-state index in [9.17, 15) is 4.57 Å².